The summed E-state index contributed by atoms with van der Waals surface area (Å²) in [6, 6.07) is 1.77. The van der Waals surface area contributed by atoms with Crippen molar-refractivity contribution < 1.29 is 23.8 Å². The van der Waals surface area contributed by atoms with Gasteiger partial charge in [0.05, 0.1) is 12.2 Å². The minimum atomic E-state index is -0.615. The molecule has 8 heteroatoms. The SMILES string of the molecule is CC(C)(C)OC(=O)N1CCC(C)(C(=O)c2cc(COC3CCCCO3)cnc2Cl)CC1. The lowest BCUT2D eigenvalue weighted by Gasteiger charge is -2.38. The molecule has 0 saturated carbocycles. The van der Waals surface area contributed by atoms with Crippen molar-refractivity contribution >= 4 is 23.5 Å². The van der Waals surface area contributed by atoms with Crippen molar-refractivity contribution in [2.75, 3.05) is 19.7 Å². The molecule has 1 unspecified atom stereocenters. The zero-order valence-corrected chi connectivity index (χ0v) is 19.7. The number of nitrogens with zero attached hydrogens (tertiary/aromatic N) is 2. The van der Waals surface area contributed by atoms with Gasteiger partial charge in [-0.15, -0.1) is 0 Å². The Kier molecular flexibility index (Phi) is 7.60. The number of ketones is 1. The molecule has 0 spiro atoms. The van der Waals surface area contributed by atoms with Crippen molar-refractivity contribution in [3.8, 4) is 0 Å². The van der Waals surface area contributed by atoms with Gasteiger partial charge in [-0.2, -0.15) is 0 Å². The summed E-state index contributed by atoms with van der Waals surface area (Å²) in [6.45, 7) is 9.41. The standard InChI is InChI=1S/C23H33ClN2O5/c1-22(2,3)31-21(28)26-10-8-23(4,9-11-26)19(27)17-13-16(14-25-20(17)24)15-30-18-7-5-6-12-29-18/h13-14,18H,5-12,15H2,1-4H3. The third kappa shape index (κ3) is 6.40. The minimum Gasteiger partial charge on any atom is -0.444 e. The lowest BCUT2D eigenvalue weighted by Crippen LogP contribution is -2.46. The molecule has 1 aromatic heterocycles. The maximum absolute atomic E-state index is 13.4. The van der Waals surface area contributed by atoms with Gasteiger partial charge in [0.2, 0.25) is 0 Å². The average molecular weight is 453 g/mol. The third-order valence-electron chi connectivity index (χ3n) is 5.78. The number of pyridine rings is 1. The first-order valence-corrected chi connectivity index (χ1v) is 11.4. The number of carbonyl (C=O) groups is 2. The smallest absolute Gasteiger partial charge is 0.410 e. The second kappa shape index (κ2) is 9.84. The molecule has 0 N–H and O–H groups in total. The molecule has 172 valence electrons. The van der Waals surface area contributed by atoms with E-state index in [1.807, 2.05) is 27.7 Å². The molecule has 0 aromatic carbocycles. The van der Waals surface area contributed by atoms with Gasteiger partial charge in [0.15, 0.2) is 12.1 Å². The number of hydrogen-bond acceptors (Lipinski definition) is 6. The quantitative estimate of drug-likeness (QED) is 0.462. The number of ether oxygens (including phenoxy) is 3. The summed E-state index contributed by atoms with van der Waals surface area (Å²) in [4.78, 5) is 31.6. The lowest BCUT2D eigenvalue weighted by atomic mass is 9.74. The molecular weight excluding hydrogens is 420 g/mol. The fourth-order valence-corrected chi connectivity index (χ4v) is 4.01. The summed E-state index contributed by atoms with van der Waals surface area (Å²) in [7, 11) is 0. The van der Waals surface area contributed by atoms with Crippen LogP contribution in [-0.4, -0.2) is 53.3 Å². The zero-order chi connectivity index (χ0) is 22.6. The van der Waals surface area contributed by atoms with Crippen molar-refractivity contribution in [2.24, 2.45) is 5.41 Å². The summed E-state index contributed by atoms with van der Waals surface area (Å²) in [6.07, 6.45) is 5.19. The number of likely N-dealkylation sites (tertiary alicyclic amines) is 1. The van der Waals surface area contributed by atoms with E-state index in [2.05, 4.69) is 4.98 Å². The Labute approximate surface area is 189 Å². The van der Waals surface area contributed by atoms with Crippen LogP contribution in [0.25, 0.3) is 0 Å². The van der Waals surface area contributed by atoms with E-state index in [4.69, 9.17) is 25.8 Å². The summed E-state index contributed by atoms with van der Waals surface area (Å²) in [5.41, 5.74) is 0.0330. The van der Waals surface area contributed by atoms with E-state index >= 15 is 0 Å². The van der Waals surface area contributed by atoms with Crippen molar-refractivity contribution in [1.29, 1.82) is 0 Å². The Hall–Kier alpha value is -1.70. The monoisotopic (exact) mass is 452 g/mol. The third-order valence-corrected chi connectivity index (χ3v) is 6.08. The molecule has 2 aliphatic rings. The van der Waals surface area contributed by atoms with Gasteiger partial charge < -0.3 is 19.1 Å². The molecule has 2 aliphatic heterocycles. The van der Waals surface area contributed by atoms with Crippen LogP contribution >= 0.6 is 11.6 Å². The molecule has 2 saturated heterocycles. The second-order valence-electron chi connectivity index (χ2n) is 9.65. The van der Waals surface area contributed by atoms with E-state index < -0.39 is 11.0 Å². The maximum atomic E-state index is 13.4. The molecule has 1 aromatic rings. The van der Waals surface area contributed by atoms with Gasteiger partial charge in [-0.3, -0.25) is 4.79 Å². The molecule has 0 radical (unpaired) electrons. The summed E-state index contributed by atoms with van der Waals surface area (Å²) in [5.74, 6) is -0.0513. The van der Waals surface area contributed by atoms with E-state index in [0.717, 1.165) is 24.8 Å². The van der Waals surface area contributed by atoms with Crippen LogP contribution in [0, 0.1) is 5.41 Å². The topological polar surface area (TPSA) is 78.0 Å². The molecule has 3 heterocycles. The Morgan fingerprint density at radius 2 is 2.00 bits per heavy atom. The molecular formula is C23H33ClN2O5. The van der Waals surface area contributed by atoms with Gasteiger partial charge in [-0.05, 0) is 64.5 Å². The normalized spacial score (nSPS) is 21.6. The van der Waals surface area contributed by atoms with Crippen LogP contribution in [0.1, 0.15) is 75.7 Å². The average Bonchev–Trinajstić information content (AvgIpc) is 2.72. The van der Waals surface area contributed by atoms with Crippen molar-refractivity contribution in [2.45, 2.75) is 78.3 Å². The van der Waals surface area contributed by atoms with Crippen LogP contribution in [0.4, 0.5) is 4.79 Å². The number of rotatable bonds is 5. The van der Waals surface area contributed by atoms with Gasteiger partial charge in [-0.25, -0.2) is 9.78 Å². The van der Waals surface area contributed by atoms with Gasteiger partial charge in [-0.1, -0.05) is 18.5 Å². The van der Waals surface area contributed by atoms with E-state index in [-0.39, 0.29) is 23.3 Å². The lowest BCUT2D eigenvalue weighted by molar-refractivity contribution is -0.168. The number of halogens is 1. The maximum Gasteiger partial charge on any atom is 0.410 e. The van der Waals surface area contributed by atoms with Gasteiger partial charge in [0.1, 0.15) is 10.8 Å². The summed E-state index contributed by atoms with van der Waals surface area (Å²) >= 11 is 6.29. The van der Waals surface area contributed by atoms with Crippen LogP contribution in [0.3, 0.4) is 0 Å². The Morgan fingerprint density at radius 3 is 2.61 bits per heavy atom. The largest absolute Gasteiger partial charge is 0.444 e. The molecule has 1 amide bonds. The van der Waals surface area contributed by atoms with E-state index in [9.17, 15) is 9.59 Å². The van der Waals surface area contributed by atoms with Crippen molar-refractivity contribution in [3.63, 3.8) is 0 Å². The number of amides is 1. The van der Waals surface area contributed by atoms with Crippen LogP contribution in [-0.2, 0) is 20.8 Å². The number of carbonyl (C=O) groups excluding carboxylic acids is 2. The van der Waals surface area contributed by atoms with Gasteiger partial charge in [0.25, 0.3) is 0 Å². The van der Waals surface area contributed by atoms with E-state index in [1.54, 1.807) is 17.2 Å². The molecule has 0 aliphatic carbocycles. The highest BCUT2D eigenvalue weighted by Crippen LogP contribution is 2.36. The van der Waals surface area contributed by atoms with E-state index in [0.29, 0.717) is 44.7 Å². The highest BCUT2D eigenvalue weighted by atomic mass is 35.5. The first kappa shape index (κ1) is 24.0. The number of aromatic nitrogens is 1. The highest BCUT2D eigenvalue weighted by Gasteiger charge is 2.40. The van der Waals surface area contributed by atoms with Crippen LogP contribution in [0.5, 0.6) is 0 Å². The number of piperidine rings is 1. The predicted octanol–water partition coefficient (Wildman–Crippen LogP) is 5.00. The zero-order valence-electron chi connectivity index (χ0n) is 18.9. The van der Waals surface area contributed by atoms with E-state index in [1.165, 1.54) is 0 Å². The number of Topliss-reactive ketones (excluding diaryl/α,β-unsaturated/α-hetero) is 1. The minimum absolute atomic E-state index is 0.0513. The molecule has 3 rings (SSSR count). The summed E-state index contributed by atoms with van der Waals surface area (Å²) in [5, 5.41) is 0.193. The second-order valence-corrected chi connectivity index (χ2v) is 10.0. The van der Waals surface area contributed by atoms with Crippen LogP contribution in [0.15, 0.2) is 12.3 Å². The first-order valence-electron chi connectivity index (χ1n) is 11.0. The van der Waals surface area contributed by atoms with Gasteiger partial charge in [0, 0.05) is 31.3 Å². The predicted molar refractivity (Wildman–Crippen MR) is 117 cm³/mol. The Bertz CT molecular complexity index is 794. The fourth-order valence-electron chi connectivity index (χ4n) is 3.82. The molecule has 1 atom stereocenters. The molecule has 0 bridgehead atoms. The summed E-state index contributed by atoms with van der Waals surface area (Å²) < 4.78 is 16.9. The molecule has 7 nitrogen and oxygen atoms in total. The first-order chi connectivity index (χ1) is 14.6. The fraction of sp³-hybridized carbons (Fsp3) is 0.696. The van der Waals surface area contributed by atoms with Gasteiger partial charge >= 0.3 is 6.09 Å². The number of hydrogen-bond donors (Lipinski definition) is 0. The molecule has 31 heavy (non-hydrogen) atoms. The van der Waals surface area contributed by atoms with Crippen LogP contribution in [0.2, 0.25) is 5.15 Å². The van der Waals surface area contributed by atoms with Crippen molar-refractivity contribution in [1.82, 2.24) is 9.88 Å². The highest BCUT2D eigenvalue weighted by molar-refractivity contribution is 6.33. The van der Waals surface area contributed by atoms with Crippen LogP contribution < -0.4 is 0 Å². The molecule has 2 fully saturated rings. The Balaban J connectivity index is 1.63. The van der Waals surface area contributed by atoms with Crippen molar-refractivity contribution in [3.05, 3.63) is 28.5 Å². The Morgan fingerprint density at radius 1 is 1.29 bits per heavy atom.